The highest BCUT2D eigenvalue weighted by Gasteiger charge is 2.12. The first kappa shape index (κ1) is 23.2. The van der Waals surface area contributed by atoms with E-state index in [2.05, 4.69) is 15.5 Å². The number of nitro benzene ring substituents is 1. The molecule has 170 valence electrons. The molecule has 10 nitrogen and oxygen atoms in total. The molecule has 3 rings (SSSR count). The van der Waals surface area contributed by atoms with Crippen molar-refractivity contribution in [2.75, 3.05) is 44.8 Å². The van der Waals surface area contributed by atoms with Crippen molar-refractivity contribution in [3.8, 4) is 5.75 Å². The lowest BCUT2D eigenvalue weighted by molar-refractivity contribution is -0.384. The number of hydrogen-bond acceptors (Lipinski definition) is 7. The first-order valence-electron chi connectivity index (χ1n) is 10.3. The predicted molar refractivity (Wildman–Crippen MR) is 117 cm³/mol. The Kier molecular flexibility index (Phi) is 8.52. The number of nitrogens with zero attached hydrogens (tertiary/aromatic N) is 2. The summed E-state index contributed by atoms with van der Waals surface area (Å²) in [7, 11) is 0. The van der Waals surface area contributed by atoms with Gasteiger partial charge in [0.25, 0.3) is 11.6 Å². The van der Waals surface area contributed by atoms with Gasteiger partial charge in [0.1, 0.15) is 5.75 Å². The summed E-state index contributed by atoms with van der Waals surface area (Å²) in [5, 5.41) is 16.4. The van der Waals surface area contributed by atoms with Gasteiger partial charge in [-0.05, 0) is 23.8 Å². The van der Waals surface area contributed by atoms with Crippen LogP contribution in [0.25, 0.3) is 0 Å². The van der Waals surface area contributed by atoms with Gasteiger partial charge in [-0.3, -0.25) is 24.6 Å². The number of amides is 2. The van der Waals surface area contributed by atoms with E-state index in [-0.39, 0.29) is 36.4 Å². The number of morpholine rings is 1. The smallest absolute Gasteiger partial charge is 0.273 e. The summed E-state index contributed by atoms with van der Waals surface area (Å²) < 4.78 is 10.6. The number of rotatable bonds is 10. The fraction of sp³-hybridized carbons (Fsp3) is 0.364. The van der Waals surface area contributed by atoms with Crippen molar-refractivity contribution in [3.05, 3.63) is 64.2 Å². The van der Waals surface area contributed by atoms with Crippen LogP contribution in [0.3, 0.4) is 0 Å². The molecule has 2 amide bonds. The maximum absolute atomic E-state index is 12.2. The van der Waals surface area contributed by atoms with E-state index in [0.29, 0.717) is 31.9 Å². The second-order valence-corrected chi connectivity index (χ2v) is 7.27. The number of carbonyl (C=O) groups excluding carboxylic acids is 2. The van der Waals surface area contributed by atoms with Gasteiger partial charge in [-0.25, -0.2) is 0 Å². The van der Waals surface area contributed by atoms with Crippen molar-refractivity contribution in [2.24, 2.45) is 0 Å². The molecule has 1 saturated heterocycles. The zero-order valence-corrected chi connectivity index (χ0v) is 17.6. The highest BCUT2D eigenvalue weighted by molar-refractivity contribution is 5.90. The molecule has 0 saturated carbocycles. The normalized spacial score (nSPS) is 13.9. The molecule has 2 N–H and O–H groups in total. The Morgan fingerprint density at radius 2 is 1.88 bits per heavy atom. The lowest BCUT2D eigenvalue weighted by Crippen LogP contribution is -2.38. The molecule has 0 spiro atoms. The lowest BCUT2D eigenvalue weighted by atomic mass is 10.2. The van der Waals surface area contributed by atoms with E-state index in [0.717, 1.165) is 18.7 Å². The molecule has 1 aliphatic heterocycles. The average molecular weight is 442 g/mol. The number of ether oxygens (including phenoxy) is 2. The quantitative estimate of drug-likeness (QED) is 0.426. The van der Waals surface area contributed by atoms with Crippen molar-refractivity contribution in [1.82, 2.24) is 10.2 Å². The monoisotopic (exact) mass is 442 g/mol. The standard InChI is InChI=1S/C22H26N4O6/c27-21(7-8-25-9-11-31-12-10-25)24-18-4-1-3-17(13-18)15-23-22(28)16-32-20-6-2-5-19(14-20)26(29)30/h1-6,13-14H,7-12,15-16H2,(H,23,28)(H,24,27). The molecule has 0 unspecified atom stereocenters. The lowest BCUT2D eigenvalue weighted by Gasteiger charge is -2.26. The Hall–Kier alpha value is -3.50. The van der Waals surface area contributed by atoms with Crippen LogP contribution in [0.5, 0.6) is 5.75 Å². The van der Waals surface area contributed by atoms with E-state index < -0.39 is 4.92 Å². The first-order valence-corrected chi connectivity index (χ1v) is 10.3. The van der Waals surface area contributed by atoms with E-state index >= 15 is 0 Å². The van der Waals surface area contributed by atoms with Gasteiger partial charge < -0.3 is 20.1 Å². The fourth-order valence-electron chi connectivity index (χ4n) is 3.15. The van der Waals surface area contributed by atoms with Crippen molar-refractivity contribution in [1.29, 1.82) is 0 Å². The topological polar surface area (TPSA) is 123 Å². The molecule has 0 bridgehead atoms. The van der Waals surface area contributed by atoms with Gasteiger partial charge in [0.15, 0.2) is 6.61 Å². The summed E-state index contributed by atoms with van der Waals surface area (Å²) in [5.41, 5.74) is 1.38. The van der Waals surface area contributed by atoms with Gasteiger partial charge in [-0.2, -0.15) is 0 Å². The summed E-state index contributed by atoms with van der Waals surface area (Å²) in [6, 6.07) is 12.9. The summed E-state index contributed by atoms with van der Waals surface area (Å²) >= 11 is 0. The number of nitro groups is 1. The number of carbonyl (C=O) groups is 2. The van der Waals surface area contributed by atoms with E-state index in [4.69, 9.17) is 9.47 Å². The van der Waals surface area contributed by atoms with Crippen molar-refractivity contribution in [2.45, 2.75) is 13.0 Å². The van der Waals surface area contributed by atoms with Crippen LogP contribution in [0.1, 0.15) is 12.0 Å². The van der Waals surface area contributed by atoms with Gasteiger partial charge in [-0.15, -0.1) is 0 Å². The van der Waals surface area contributed by atoms with Crippen molar-refractivity contribution < 1.29 is 24.0 Å². The maximum atomic E-state index is 12.2. The van der Waals surface area contributed by atoms with Gasteiger partial charge >= 0.3 is 0 Å². The highest BCUT2D eigenvalue weighted by atomic mass is 16.6. The number of benzene rings is 2. The van der Waals surface area contributed by atoms with Crippen LogP contribution >= 0.6 is 0 Å². The van der Waals surface area contributed by atoms with Gasteiger partial charge in [0.05, 0.1) is 24.2 Å². The zero-order valence-electron chi connectivity index (χ0n) is 17.6. The summed E-state index contributed by atoms with van der Waals surface area (Å²) in [6.45, 7) is 3.77. The Morgan fingerprint density at radius 1 is 1.09 bits per heavy atom. The van der Waals surface area contributed by atoms with Crippen LogP contribution in [0.4, 0.5) is 11.4 Å². The number of nitrogens with one attached hydrogen (secondary N) is 2. The van der Waals surface area contributed by atoms with E-state index in [1.54, 1.807) is 24.3 Å². The molecule has 1 fully saturated rings. The third kappa shape index (κ3) is 7.64. The number of anilines is 1. The Bertz CT molecular complexity index is 946. The van der Waals surface area contributed by atoms with Gasteiger partial charge in [0, 0.05) is 44.4 Å². The molecular weight excluding hydrogens is 416 g/mol. The molecule has 10 heteroatoms. The molecular formula is C22H26N4O6. The molecule has 2 aromatic carbocycles. The summed E-state index contributed by atoms with van der Waals surface area (Å²) in [4.78, 5) is 36.7. The molecule has 0 radical (unpaired) electrons. The van der Waals surface area contributed by atoms with Crippen LogP contribution in [0.15, 0.2) is 48.5 Å². The third-order valence-corrected chi connectivity index (χ3v) is 4.86. The van der Waals surface area contributed by atoms with Gasteiger partial charge in [0.2, 0.25) is 5.91 Å². The summed E-state index contributed by atoms with van der Waals surface area (Å²) in [6.07, 6.45) is 0.399. The minimum absolute atomic E-state index is 0.0666. The van der Waals surface area contributed by atoms with E-state index in [9.17, 15) is 19.7 Å². The molecule has 0 aromatic heterocycles. The largest absolute Gasteiger partial charge is 0.484 e. The molecule has 32 heavy (non-hydrogen) atoms. The summed E-state index contributed by atoms with van der Waals surface area (Å²) in [5.74, 6) is -0.185. The average Bonchev–Trinajstić information content (AvgIpc) is 2.81. The molecule has 1 heterocycles. The van der Waals surface area contributed by atoms with E-state index in [1.807, 2.05) is 6.07 Å². The third-order valence-electron chi connectivity index (χ3n) is 4.86. The van der Waals surface area contributed by atoms with Crippen molar-refractivity contribution >= 4 is 23.2 Å². The van der Waals surface area contributed by atoms with Crippen molar-refractivity contribution in [3.63, 3.8) is 0 Å². The van der Waals surface area contributed by atoms with Crippen LogP contribution < -0.4 is 15.4 Å². The second-order valence-electron chi connectivity index (χ2n) is 7.27. The zero-order chi connectivity index (χ0) is 22.8. The van der Waals surface area contributed by atoms with Crippen LogP contribution in [0, 0.1) is 10.1 Å². The highest BCUT2D eigenvalue weighted by Crippen LogP contribution is 2.19. The maximum Gasteiger partial charge on any atom is 0.273 e. The Labute approximate surface area is 185 Å². The van der Waals surface area contributed by atoms with Gasteiger partial charge in [-0.1, -0.05) is 18.2 Å². The molecule has 0 atom stereocenters. The van der Waals surface area contributed by atoms with E-state index in [1.165, 1.54) is 18.2 Å². The van der Waals surface area contributed by atoms with Crippen LogP contribution in [0.2, 0.25) is 0 Å². The number of hydrogen-bond donors (Lipinski definition) is 2. The minimum atomic E-state index is -0.526. The predicted octanol–water partition coefficient (Wildman–Crippen LogP) is 1.95. The SMILES string of the molecule is O=C(COc1cccc([N+](=O)[O-])c1)NCc1cccc(NC(=O)CCN2CCOCC2)c1. The van der Waals surface area contributed by atoms with Crippen LogP contribution in [-0.4, -0.2) is 61.1 Å². The fourth-order valence-corrected chi connectivity index (χ4v) is 3.15. The Morgan fingerprint density at radius 3 is 2.66 bits per heavy atom. The Balaban J connectivity index is 1.41. The first-order chi connectivity index (χ1) is 15.5. The molecule has 1 aliphatic rings. The minimum Gasteiger partial charge on any atom is -0.484 e. The number of non-ortho nitro benzene ring substituents is 1. The molecule has 2 aromatic rings. The second kappa shape index (κ2) is 11.8. The van der Waals surface area contributed by atoms with Crippen LogP contribution in [-0.2, 0) is 20.9 Å². The molecule has 0 aliphatic carbocycles.